The van der Waals surface area contributed by atoms with Crippen LogP contribution in [0.25, 0.3) is 0 Å². The molecule has 5 nitrogen and oxygen atoms in total. The number of rotatable bonds is 5. The Morgan fingerprint density at radius 2 is 2.15 bits per heavy atom. The van der Waals surface area contributed by atoms with Gasteiger partial charge in [-0.2, -0.15) is 0 Å². The van der Waals surface area contributed by atoms with E-state index in [4.69, 9.17) is 10.5 Å². The van der Waals surface area contributed by atoms with Gasteiger partial charge in [0, 0.05) is 18.3 Å². The Labute approximate surface area is 117 Å². The van der Waals surface area contributed by atoms with Crippen LogP contribution in [0.3, 0.4) is 0 Å². The van der Waals surface area contributed by atoms with Crippen LogP contribution < -0.4 is 15.8 Å². The summed E-state index contributed by atoms with van der Waals surface area (Å²) in [7, 11) is 1.64. The van der Waals surface area contributed by atoms with Crippen LogP contribution >= 0.6 is 0 Å². The molecule has 1 heterocycles. The third-order valence-electron chi connectivity index (χ3n) is 2.92. The Bertz CT molecular complexity index is 599. The average molecular weight is 271 g/mol. The lowest BCUT2D eigenvalue weighted by Crippen LogP contribution is -2.25. The minimum absolute atomic E-state index is 0.158. The van der Waals surface area contributed by atoms with Crippen molar-refractivity contribution >= 4 is 11.7 Å². The Kier molecular flexibility index (Phi) is 4.55. The van der Waals surface area contributed by atoms with E-state index in [0.717, 1.165) is 11.3 Å². The van der Waals surface area contributed by atoms with E-state index >= 15 is 0 Å². The second kappa shape index (κ2) is 6.56. The van der Waals surface area contributed by atoms with Gasteiger partial charge in [0.1, 0.15) is 11.6 Å². The van der Waals surface area contributed by atoms with Crippen LogP contribution in [0, 0.1) is 0 Å². The molecule has 0 unspecified atom stereocenters. The zero-order valence-electron chi connectivity index (χ0n) is 11.3. The fourth-order valence-electron chi connectivity index (χ4n) is 1.91. The molecule has 104 valence electrons. The van der Waals surface area contributed by atoms with Crippen molar-refractivity contribution in [3.05, 3.63) is 53.7 Å². The minimum Gasteiger partial charge on any atom is -0.496 e. The molecule has 0 spiro atoms. The number of pyridine rings is 1. The number of nitrogens with one attached hydrogen (secondary N) is 1. The number of methoxy groups -OCH3 is 1. The molecule has 0 saturated heterocycles. The number of carbonyl (C=O) groups is 1. The van der Waals surface area contributed by atoms with Crippen LogP contribution in [0.15, 0.2) is 42.6 Å². The summed E-state index contributed by atoms with van der Waals surface area (Å²) in [5, 5.41) is 2.85. The highest BCUT2D eigenvalue weighted by Crippen LogP contribution is 2.17. The normalized spacial score (nSPS) is 10.1. The molecule has 0 bridgehead atoms. The maximum absolute atomic E-state index is 11.9. The quantitative estimate of drug-likeness (QED) is 0.866. The Morgan fingerprint density at radius 1 is 1.35 bits per heavy atom. The van der Waals surface area contributed by atoms with E-state index in [1.165, 1.54) is 6.20 Å². The third kappa shape index (κ3) is 3.47. The molecule has 0 aliphatic rings. The molecular formula is C15H17N3O2. The molecule has 0 saturated carbocycles. The van der Waals surface area contributed by atoms with Crippen molar-refractivity contribution in [1.29, 1.82) is 0 Å². The van der Waals surface area contributed by atoms with Crippen LogP contribution in [-0.2, 0) is 6.42 Å². The number of hydrogen-bond acceptors (Lipinski definition) is 4. The van der Waals surface area contributed by atoms with Crippen LogP contribution in [0.4, 0.5) is 5.82 Å². The second-order valence-corrected chi connectivity index (χ2v) is 4.29. The highest BCUT2D eigenvalue weighted by Gasteiger charge is 2.06. The monoisotopic (exact) mass is 271 g/mol. The van der Waals surface area contributed by atoms with Crippen LogP contribution in [-0.4, -0.2) is 24.5 Å². The number of benzene rings is 1. The number of amides is 1. The van der Waals surface area contributed by atoms with Gasteiger partial charge in [-0.25, -0.2) is 4.98 Å². The largest absolute Gasteiger partial charge is 0.496 e. The van der Waals surface area contributed by atoms with Gasteiger partial charge in [0.15, 0.2) is 0 Å². The lowest BCUT2D eigenvalue weighted by molar-refractivity contribution is 0.0954. The van der Waals surface area contributed by atoms with Gasteiger partial charge in [-0.15, -0.1) is 0 Å². The summed E-state index contributed by atoms with van der Waals surface area (Å²) in [5.41, 5.74) is 7.12. The molecule has 2 aromatic rings. The number of nitrogens with zero attached hydrogens (tertiary/aromatic N) is 1. The standard InChI is InChI=1S/C15H17N3O2/c1-20-13-5-3-2-4-11(13)6-9-18-15(19)12-7-8-17-14(16)10-12/h2-5,7-8,10H,6,9H2,1H3,(H2,16,17)(H,18,19). The summed E-state index contributed by atoms with van der Waals surface area (Å²) in [6.45, 7) is 0.529. The molecule has 1 aromatic heterocycles. The van der Waals surface area contributed by atoms with Gasteiger partial charge in [0.2, 0.25) is 0 Å². The second-order valence-electron chi connectivity index (χ2n) is 4.29. The Morgan fingerprint density at radius 3 is 2.90 bits per heavy atom. The average Bonchev–Trinajstić information content (AvgIpc) is 2.47. The van der Waals surface area contributed by atoms with E-state index in [0.29, 0.717) is 24.3 Å². The molecule has 1 amide bonds. The van der Waals surface area contributed by atoms with Crippen molar-refractivity contribution in [2.24, 2.45) is 0 Å². The van der Waals surface area contributed by atoms with Crippen molar-refractivity contribution in [2.75, 3.05) is 19.4 Å². The van der Waals surface area contributed by atoms with E-state index in [9.17, 15) is 4.79 Å². The number of para-hydroxylation sites is 1. The first-order valence-corrected chi connectivity index (χ1v) is 6.32. The van der Waals surface area contributed by atoms with Crippen molar-refractivity contribution < 1.29 is 9.53 Å². The van der Waals surface area contributed by atoms with Gasteiger partial charge < -0.3 is 15.8 Å². The first-order valence-electron chi connectivity index (χ1n) is 6.32. The molecule has 5 heteroatoms. The zero-order valence-corrected chi connectivity index (χ0v) is 11.3. The fraction of sp³-hybridized carbons (Fsp3) is 0.200. The molecule has 1 aromatic carbocycles. The lowest BCUT2D eigenvalue weighted by Gasteiger charge is -2.09. The summed E-state index contributed by atoms with van der Waals surface area (Å²) in [5.74, 6) is 1.01. The highest BCUT2D eigenvalue weighted by atomic mass is 16.5. The van der Waals surface area contributed by atoms with Gasteiger partial charge in [-0.1, -0.05) is 18.2 Å². The van der Waals surface area contributed by atoms with Gasteiger partial charge >= 0.3 is 0 Å². The summed E-state index contributed by atoms with van der Waals surface area (Å²) in [6, 6.07) is 10.9. The Balaban J connectivity index is 1.91. The van der Waals surface area contributed by atoms with E-state index in [-0.39, 0.29) is 5.91 Å². The molecule has 0 aliphatic heterocycles. The molecule has 0 atom stereocenters. The van der Waals surface area contributed by atoms with Gasteiger partial charge in [-0.3, -0.25) is 4.79 Å². The first-order chi connectivity index (χ1) is 9.70. The number of nitrogens with two attached hydrogens (primary N) is 1. The maximum Gasteiger partial charge on any atom is 0.251 e. The maximum atomic E-state index is 11.9. The van der Waals surface area contributed by atoms with Crippen molar-refractivity contribution in [3.63, 3.8) is 0 Å². The van der Waals surface area contributed by atoms with Crippen molar-refractivity contribution in [2.45, 2.75) is 6.42 Å². The number of carbonyl (C=O) groups excluding carboxylic acids is 1. The number of ether oxygens (including phenoxy) is 1. The summed E-state index contributed by atoms with van der Waals surface area (Å²) >= 11 is 0. The predicted octanol–water partition coefficient (Wildman–Crippen LogP) is 1.64. The summed E-state index contributed by atoms with van der Waals surface area (Å²) in [4.78, 5) is 15.8. The lowest BCUT2D eigenvalue weighted by atomic mass is 10.1. The smallest absolute Gasteiger partial charge is 0.251 e. The summed E-state index contributed by atoms with van der Waals surface area (Å²) in [6.07, 6.45) is 2.22. The zero-order chi connectivity index (χ0) is 14.4. The van der Waals surface area contributed by atoms with E-state index in [1.54, 1.807) is 19.2 Å². The topological polar surface area (TPSA) is 77.2 Å². The number of aromatic nitrogens is 1. The first kappa shape index (κ1) is 13.9. The molecule has 0 fully saturated rings. The highest BCUT2D eigenvalue weighted by molar-refractivity contribution is 5.94. The van der Waals surface area contributed by atoms with Gasteiger partial charge in [-0.05, 0) is 30.2 Å². The SMILES string of the molecule is COc1ccccc1CCNC(=O)c1ccnc(N)c1. The van der Waals surface area contributed by atoms with Crippen LogP contribution in [0.2, 0.25) is 0 Å². The van der Waals surface area contributed by atoms with E-state index in [2.05, 4.69) is 10.3 Å². The van der Waals surface area contributed by atoms with Crippen molar-refractivity contribution in [3.8, 4) is 5.75 Å². The van der Waals surface area contributed by atoms with Crippen LogP contribution in [0.1, 0.15) is 15.9 Å². The van der Waals surface area contributed by atoms with Crippen LogP contribution in [0.5, 0.6) is 5.75 Å². The molecule has 3 N–H and O–H groups in total. The number of nitrogen functional groups attached to an aromatic ring is 1. The number of hydrogen-bond donors (Lipinski definition) is 2. The predicted molar refractivity (Wildman–Crippen MR) is 77.7 cm³/mol. The van der Waals surface area contributed by atoms with E-state index in [1.807, 2.05) is 24.3 Å². The van der Waals surface area contributed by atoms with Crippen molar-refractivity contribution in [1.82, 2.24) is 10.3 Å². The fourth-order valence-corrected chi connectivity index (χ4v) is 1.91. The molecule has 0 radical (unpaired) electrons. The van der Waals surface area contributed by atoms with Gasteiger partial charge in [0.25, 0.3) is 5.91 Å². The minimum atomic E-state index is -0.158. The number of anilines is 1. The Hall–Kier alpha value is -2.56. The molecule has 20 heavy (non-hydrogen) atoms. The molecule has 0 aliphatic carbocycles. The van der Waals surface area contributed by atoms with Gasteiger partial charge in [0.05, 0.1) is 7.11 Å². The molecular weight excluding hydrogens is 254 g/mol. The van der Waals surface area contributed by atoms with E-state index < -0.39 is 0 Å². The molecule has 2 rings (SSSR count). The third-order valence-corrected chi connectivity index (χ3v) is 2.92. The summed E-state index contributed by atoms with van der Waals surface area (Å²) < 4.78 is 5.27.